The molecular weight excluding hydrogens is 829 g/mol. The van der Waals surface area contributed by atoms with Crippen LogP contribution in [0.1, 0.15) is 84.3 Å². The molecule has 6 rings (SSSR count). The smallest absolute Gasteiger partial charge is 0.504 e. The Balaban J connectivity index is 1.50. The van der Waals surface area contributed by atoms with E-state index in [-0.39, 0.29) is 48.2 Å². The zero-order valence-corrected chi connectivity index (χ0v) is 38.2. The van der Waals surface area contributed by atoms with Gasteiger partial charge in [-0.15, -0.1) is 0 Å². The van der Waals surface area contributed by atoms with Gasteiger partial charge >= 0.3 is 18.9 Å². The molecule has 3 aromatic carbocycles. The van der Waals surface area contributed by atoms with Crippen LogP contribution in [0.15, 0.2) is 18.2 Å². The van der Waals surface area contributed by atoms with Gasteiger partial charge in [0.2, 0.25) is 6.79 Å². The number of benzene rings is 3. The highest BCUT2D eigenvalue weighted by atomic mass is 32.2. The van der Waals surface area contributed by atoms with Gasteiger partial charge in [0.05, 0.1) is 26.3 Å². The molecule has 17 heteroatoms. The molecule has 0 aromatic heterocycles. The molecule has 0 aliphatic carbocycles. The van der Waals surface area contributed by atoms with Crippen molar-refractivity contribution < 1.29 is 61.4 Å². The molecule has 62 heavy (non-hydrogen) atoms. The number of cyclic esters (lactones) is 1. The maximum Gasteiger partial charge on any atom is 0.514 e. The van der Waals surface area contributed by atoms with Crippen LogP contribution in [0.25, 0.3) is 0 Å². The van der Waals surface area contributed by atoms with Gasteiger partial charge in [0.15, 0.2) is 34.5 Å². The Morgan fingerprint density at radius 1 is 0.935 bits per heavy atom. The Kier molecular flexibility index (Phi) is 14.5. The number of carbonyl (C=O) groups is 2. The van der Waals surface area contributed by atoms with Crippen LogP contribution in [0.2, 0.25) is 0 Å². The van der Waals surface area contributed by atoms with Crippen molar-refractivity contribution in [2.24, 2.45) is 0 Å². The van der Waals surface area contributed by atoms with Crippen LogP contribution in [-0.4, -0.2) is 111 Å². The summed E-state index contributed by atoms with van der Waals surface area (Å²) in [6.45, 7) is 9.73. The number of alkyl halides is 2. The van der Waals surface area contributed by atoms with E-state index in [1.165, 1.54) is 14.2 Å². The van der Waals surface area contributed by atoms with Crippen LogP contribution in [0, 0.1) is 20.8 Å². The Bertz CT molecular complexity index is 2150. The number of alkyl carbamates (subject to hydrolysis) is 1. The molecule has 3 aliphatic heterocycles. The van der Waals surface area contributed by atoms with E-state index in [4.69, 9.17) is 37.9 Å². The average molecular weight is 888 g/mol. The SMILES string of the molecule is COc1cc2c(cc1OC(=O)OC(C)(C)C)CCNC(=O)OCC(c1c(C)c(OC(F)F)c(C)c3c1OCO3)N1CCc3cc(C)c(OC)c(O)c3C(N(C)C)C1C(C)SCC2. The van der Waals surface area contributed by atoms with Crippen molar-refractivity contribution in [3.05, 3.63) is 62.7 Å². The lowest BCUT2D eigenvalue weighted by molar-refractivity contribution is -0.0510. The van der Waals surface area contributed by atoms with Gasteiger partial charge in [-0.2, -0.15) is 20.5 Å². The third-order valence-electron chi connectivity index (χ3n) is 11.5. The summed E-state index contributed by atoms with van der Waals surface area (Å²) >= 11 is 1.73. The molecule has 0 saturated carbocycles. The molecule has 3 aromatic rings. The van der Waals surface area contributed by atoms with Crippen molar-refractivity contribution >= 4 is 24.0 Å². The molecule has 0 spiro atoms. The number of phenols is 1. The summed E-state index contributed by atoms with van der Waals surface area (Å²) < 4.78 is 73.9. The number of halogens is 2. The molecule has 340 valence electrons. The van der Waals surface area contributed by atoms with Gasteiger partial charge in [-0.05, 0) is 115 Å². The maximum absolute atomic E-state index is 14.1. The topological polar surface area (TPSA) is 147 Å². The number of amides is 1. The second-order valence-electron chi connectivity index (χ2n) is 16.9. The average Bonchev–Trinajstić information content (AvgIpc) is 3.60. The lowest BCUT2D eigenvalue weighted by Gasteiger charge is -2.45. The number of nitrogens with zero attached hydrogens (tertiary/aromatic N) is 2. The molecule has 4 unspecified atom stereocenters. The number of methoxy groups -OCH3 is 2. The third kappa shape index (κ3) is 9.84. The monoisotopic (exact) mass is 887 g/mol. The highest BCUT2D eigenvalue weighted by Gasteiger charge is 2.46. The van der Waals surface area contributed by atoms with E-state index < -0.39 is 42.6 Å². The van der Waals surface area contributed by atoms with Gasteiger partial charge in [-0.1, -0.05) is 13.0 Å². The van der Waals surface area contributed by atoms with Gasteiger partial charge in [0.25, 0.3) is 0 Å². The molecule has 0 saturated heterocycles. The van der Waals surface area contributed by atoms with Gasteiger partial charge in [-0.3, -0.25) is 4.90 Å². The number of fused-ring (bicyclic) bond motifs is 4. The number of ether oxygens (including phenoxy) is 8. The molecule has 1 amide bonds. The lowest BCUT2D eigenvalue weighted by Crippen LogP contribution is -2.51. The van der Waals surface area contributed by atoms with Gasteiger partial charge in [0.1, 0.15) is 18.0 Å². The predicted octanol–water partition coefficient (Wildman–Crippen LogP) is 8.20. The number of likely N-dealkylation sites (N-methyl/N-ethyl adjacent to an activating group) is 1. The van der Waals surface area contributed by atoms with E-state index >= 15 is 0 Å². The number of phenolic OH excluding ortho intramolecular Hbond substituents is 1. The molecule has 4 atom stereocenters. The standard InChI is InChI=1S/C45H59F2N3O11S/c1-23-18-29-13-16-50-30(33-24(2)39(60-42(46)47)25(3)40-41(33)58-22-57-40)21-56-43(52)48-15-12-27-20-32(59-44(53)61-45(5,6)7)31(54-10)19-28(27)14-17-62-26(4)35(50)36(49(8)9)34(29)37(51)38(23)55-11/h18-20,26,30,35-36,42,51H,12-17,21-22H2,1-11H3,(H,48,52). The summed E-state index contributed by atoms with van der Waals surface area (Å²) in [6, 6.07) is 3.99. The normalized spacial score (nSPS) is 21.0. The number of hydrogen-bond donors (Lipinski definition) is 2. The maximum atomic E-state index is 14.1. The van der Waals surface area contributed by atoms with Crippen LogP contribution >= 0.6 is 11.8 Å². The largest absolute Gasteiger partial charge is 0.514 e. The van der Waals surface area contributed by atoms with Crippen LogP contribution < -0.4 is 33.7 Å². The number of hydrogen-bond acceptors (Lipinski definition) is 14. The van der Waals surface area contributed by atoms with E-state index in [9.17, 15) is 23.5 Å². The number of rotatable bonds is 7. The highest BCUT2D eigenvalue weighted by Crippen LogP contribution is 2.53. The Morgan fingerprint density at radius 2 is 1.63 bits per heavy atom. The van der Waals surface area contributed by atoms with Crippen molar-refractivity contribution in [3.63, 3.8) is 0 Å². The minimum Gasteiger partial charge on any atom is -0.504 e. The lowest BCUT2D eigenvalue weighted by atomic mass is 9.88. The first-order valence-electron chi connectivity index (χ1n) is 20.7. The Hall–Kier alpha value is -4.87. The number of thioether (sulfide) groups is 1. The molecule has 0 bridgehead atoms. The van der Waals surface area contributed by atoms with E-state index in [1.807, 2.05) is 33.2 Å². The molecule has 14 nitrogen and oxygen atoms in total. The Labute approximate surface area is 366 Å². The molecule has 2 N–H and O–H groups in total. The zero-order chi connectivity index (χ0) is 45.2. The van der Waals surface area contributed by atoms with Crippen LogP contribution in [0.5, 0.6) is 40.2 Å². The second-order valence-corrected chi connectivity index (χ2v) is 18.4. The summed E-state index contributed by atoms with van der Waals surface area (Å²) in [5.41, 5.74) is 4.66. The van der Waals surface area contributed by atoms with E-state index in [1.54, 1.807) is 52.4 Å². The van der Waals surface area contributed by atoms with Gasteiger partial charge in [0, 0.05) is 46.6 Å². The Morgan fingerprint density at radius 3 is 2.29 bits per heavy atom. The predicted molar refractivity (Wildman–Crippen MR) is 230 cm³/mol. The zero-order valence-electron chi connectivity index (χ0n) is 37.4. The van der Waals surface area contributed by atoms with Crippen molar-refractivity contribution in [1.29, 1.82) is 0 Å². The summed E-state index contributed by atoms with van der Waals surface area (Å²) in [5, 5.41) is 14.7. The van der Waals surface area contributed by atoms with Crippen LogP contribution in [-0.2, 0) is 28.7 Å². The van der Waals surface area contributed by atoms with Crippen LogP contribution in [0.4, 0.5) is 18.4 Å². The fourth-order valence-electron chi connectivity index (χ4n) is 8.98. The third-order valence-corrected chi connectivity index (χ3v) is 12.8. The van der Waals surface area contributed by atoms with Crippen molar-refractivity contribution in [1.82, 2.24) is 15.1 Å². The highest BCUT2D eigenvalue weighted by molar-refractivity contribution is 7.99. The first-order valence-corrected chi connectivity index (χ1v) is 21.7. The summed E-state index contributed by atoms with van der Waals surface area (Å²) in [4.78, 5) is 30.8. The minimum absolute atomic E-state index is 0.0398. The fraction of sp³-hybridized carbons (Fsp3) is 0.556. The first-order chi connectivity index (χ1) is 29.3. The number of nitrogens with one attached hydrogen (secondary N) is 1. The van der Waals surface area contributed by atoms with Gasteiger partial charge in [-0.25, -0.2) is 9.59 Å². The summed E-state index contributed by atoms with van der Waals surface area (Å²) in [5.74, 6) is 2.20. The molecule has 3 aliphatic rings. The van der Waals surface area contributed by atoms with E-state index in [0.29, 0.717) is 71.1 Å². The fourth-order valence-corrected chi connectivity index (χ4v) is 10.2. The van der Waals surface area contributed by atoms with Crippen molar-refractivity contribution in [3.8, 4) is 40.2 Å². The summed E-state index contributed by atoms with van der Waals surface area (Å²) in [6.07, 6.45) is -0.148. The van der Waals surface area contributed by atoms with Gasteiger partial charge < -0.3 is 53.2 Å². The van der Waals surface area contributed by atoms with E-state index in [0.717, 1.165) is 22.3 Å². The quantitative estimate of drug-likeness (QED) is 0.174. The number of aryl methyl sites for hydroxylation is 2. The molecule has 0 fully saturated rings. The second kappa shape index (κ2) is 19.3. The molecule has 3 heterocycles. The van der Waals surface area contributed by atoms with Crippen molar-refractivity contribution in [2.45, 2.75) is 103 Å². The van der Waals surface area contributed by atoms with Crippen molar-refractivity contribution in [2.75, 3.05) is 60.6 Å². The van der Waals surface area contributed by atoms with Crippen LogP contribution in [0.3, 0.4) is 0 Å². The molecule has 0 radical (unpaired) electrons. The first kappa shape index (κ1) is 46.6. The summed E-state index contributed by atoms with van der Waals surface area (Å²) in [7, 11) is 6.94. The number of carbonyl (C=O) groups excluding carboxylic acids is 2. The van der Waals surface area contributed by atoms with E-state index in [2.05, 4.69) is 22.0 Å². The number of aromatic hydroxyl groups is 1. The minimum atomic E-state index is -3.12. The molecular formula is C45H59F2N3O11S.